The van der Waals surface area contributed by atoms with Crippen LogP contribution in [0.1, 0.15) is 200 Å². The van der Waals surface area contributed by atoms with Crippen LogP contribution in [0.3, 0.4) is 0 Å². The Balaban J connectivity index is 1.37. The molecule has 2 N–H and O–H groups in total. The molecule has 0 radical (unpaired) electrons. The molecule has 0 saturated heterocycles. The van der Waals surface area contributed by atoms with E-state index < -0.39 is 0 Å². The number of aliphatic hydroxyl groups is 2. The van der Waals surface area contributed by atoms with Crippen LogP contribution in [-0.2, 0) is 0 Å². The van der Waals surface area contributed by atoms with Crippen LogP contribution in [0.5, 0.6) is 0 Å². The van der Waals surface area contributed by atoms with Gasteiger partial charge in [0.1, 0.15) is 0 Å². The maximum absolute atomic E-state index is 12.4. The Morgan fingerprint density at radius 1 is 0.413 bits per heavy atom. The van der Waals surface area contributed by atoms with Crippen molar-refractivity contribution in [2.45, 2.75) is 212 Å². The van der Waals surface area contributed by atoms with Gasteiger partial charge in [0.15, 0.2) is 0 Å². The summed E-state index contributed by atoms with van der Waals surface area (Å²) in [4.78, 5) is 0. The fourth-order valence-corrected chi connectivity index (χ4v) is 14.0. The summed E-state index contributed by atoms with van der Waals surface area (Å²) in [5, 5.41) is 24.7. The second-order valence-corrected chi connectivity index (χ2v) is 18.7. The molecule has 0 bridgehead atoms. The molecule has 0 aromatic rings. The summed E-state index contributed by atoms with van der Waals surface area (Å²) in [6.45, 7) is 4.95. The lowest BCUT2D eigenvalue weighted by molar-refractivity contribution is -0.134. The van der Waals surface area contributed by atoms with Crippen molar-refractivity contribution in [3.8, 4) is 0 Å². The molecular weight excluding hydrogens is 560 g/mol. The van der Waals surface area contributed by atoms with Crippen LogP contribution in [0, 0.1) is 64.6 Å². The van der Waals surface area contributed by atoms with Gasteiger partial charge >= 0.3 is 0 Å². The Labute approximate surface area is 286 Å². The van der Waals surface area contributed by atoms with E-state index in [1.165, 1.54) is 186 Å². The van der Waals surface area contributed by atoms with Crippen molar-refractivity contribution in [1.82, 2.24) is 0 Å². The molecule has 6 aliphatic carbocycles. The van der Waals surface area contributed by atoms with Crippen LogP contribution in [0.15, 0.2) is 0 Å². The smallest absolute Gasteiger partial charge is 0.0602 e. The summed E-state index contributed by atoms with van der Waals surface area (Å²) in [6, 6.07) is 0. The first-order valence-corrected chi connectivity index (χ1v) is 21.9. The third-order valence-corrected chi connectivity index (χ3v) is 16.3. The molecule has 6 rings (SSSR count). The van der Waals surface area contributed by atoms with Crippen molar-refractivity contribution >= 4 is 0 Å². The highest BCUT2D eigenvalue weighted by Crippen LogP contribution is 2.61. The fraction of sp³-hybridized carbons (Fsp3) is 1.00. The predicted octanol–water partition coefficient (Wildman–Crippen LogP) is 12.3. The van der Waals surface area contributed by atoms with Gasteiger partial charge in [-0.1, -0.05) is 162 Å². The number of rotatable bonds is 11. The molecular formula is C44H78O2. The molecule has 2 heteroatoms. The van der Waals surface area contributed by atoms with Gasteiger partial charge in [-0.05, 0) is 103 Å². The standard InChI is InChI=1S/C44H78O2/c1-3-5-27-44(26-4-2,36-28-38(32-18-10-6-11-19-32)42(45)39(29-36)33-20-12-7-13-21-33)37-30-40(34-22-14-8-15-23-34)43(46)41(31-37)35-24-16-9-17-25-35/h32-43,45-46H,3-31H2,1-2H3. The lowest BCUT2D eigenvalue weighted by Crippen LogP contribution is -2.54. The van der Waals surface area contributed by atoms with E-state index in [0.717, 1.165) is 35.5 Å². The quantitative estimate of drug-likeness (QED) is 0.236. The van der Waals surface area contributed by atoms with Crippen LogP contribution in [0.2, 0.25) is 0 Å². The molecule has 2 nitrogen and oxygen atoms in total. The lowest BCUT2D eigenvalue weighted by atomic mass is 9.47. The van der Waals surface area contributed by atoms with E-state index in [4.69, 9.17) is 0 Å². The summed E-state index contributed by atoms with van der Waals surface area (Å²) in [5.74, 6) is 6.79. The minimum Gasteiger partial charge on any atom is -0.393 e. The van der Waals surface area contributed by atoms with Crippen molar-refractivity contribution < 1.29 is 10.2 Å². The monoisotopic (exact) mass is 639 g/mol. The number of hydrogen-bond donors (Lipinski definition) is 2. The highest BCUT2D eigenvalue weighted by atomic mass is 16.3. The second kappa shape index (κ2) is 17.2. The molecule has 6 aliphatic rings. The topological polar surface area (TPSA) is 40.5 Å². The first-order chi connectivity index (χ1) is 22.6. The minimum atomic E-state index is -0.0499. The van der Waals surface area contributed by atoms with Gasteiger partial charge in [-0.25, -0.2) is 0 Å². The first kappa shape index (κ1) is 35.7. The SMILES string of the molecule is CCCCC(CCC)(C1CC(C2CCCCC2)C(O)C(C2CCCCC2)C1)C1CC(C2CCCCC2)C(O)C(C2CCCCC2)C1. The Morgan fingerprint density at radius 3 is 0.978 bits per heavy atom. The van der Waals surface area contributed by atoms with Crippen LogP contribution >= 0.6 is 0 Å². The molecule has 0 aromatic carbocycles. The van der Waals surface area contributed by atoms with Gasteiger partial charge in [0.2, 0.25) is 0 Å². The summed E-state index contributed by atoms with van der Waals surface area (Å²) >= 11 is 0. The van der Waals surface area contributed by atoms with Crippen molar-refractivity contribution in [2.75, 3.05) is 0 Å². The van der Waals surface area contributed by atoms with E-state index in [2.05, 4.69) is 13.8 Å². The van der Waals surface area contributed by atoms with Gasteiger partial charge in [-0.3, -0.25) is 0 Å². The first-order valence-electron chi connectivity index (χ1n) is 21.9. The molecule has 4 atom stereocenters. The molecule has 0 aliphatic heterocycles. The predicted molar refractivity (Wildman–Crippen MR) is 195 cm³/mol. The van der Waals surface area contributed by atoms with Crippen molar-refractivity contribution in [2.24, 2.45) is 64.6 Å². The zero-order valence-electron chi connectivity index (χ0n) is 30.8. The van der Waals surface area contributed by atoms with E-state index in [1.807, 2.05) is 0 Å². The molecule has 266 valence electrons. The molecule has 46 heavy (non-hydrogen) atoms. The van der Waals surface area contributed by atoms with Gasteiger partial charge in [0.05, 0.1) is 12.2 Å². The zero-order chi connectivity index (χ0) is 31.9. The highest BCUT2D eigenvalue weighted by Gasteiger charge is 2.55. The summed E-state index contributed by atoms with van der Waals surface area (Å²) in [7, 11) is 0. The summed E-state index contributed by atoms with van der Waals surface area (Å²) in [6.07, 6.45) is 39.9. The van der Waals surface area contributed by atoms with Crippen molar-refractivity contribution in [1.29, 1.82) is 0 Å². The second-order valence-electron chi connectivity index (χ2n) is 18.7. The van der Waals surface area contributed by atoms with E-state index in [-0.39, 0.29) is 12.2 Å². The van der Waals surface area contributed by atoms with Crippen molar-refractivity contribution in [3.63, 3.8) is 0 Å². The van der Waals surface area contributed by atoms with Crippen LogP contribution in [-0.4, -0.2) is 22.4 Å². The zero-order valence-corrected chi connectivity index (χ0v) is 30.8. The Kier molecular flexibility index (Phi) is 13.4. The largest absolute Gasteiger partial charge is 0.393 e. The third-order valence-electron chi connectivity index (χ3n) is 16.3. The molecule has 0 aromatic heterocycles. The molecule has 6 saturated carbocycles. The fourth-order valence-electron chi connectivity index (χ4n) is 14.0. The van der Waals surface area contributed by atoms with E-state index in [1.54, 1.807) is 0 Å². The van der Waals surface area contributed by atoms with Gasteiger partial charge < -0.3 is 10.2 Å². The summed E-state index contributed by atoms with van der Waals surface area (Å²) in [5.41, 5.74) is 0.407. The normalized spacial score (nSPS) is 39.7. The Morgan fingerprint density at radius 2 is 0.717 bits per heavy atom. The highest BCUT2D eigenvalue weighted by molar-refractivity contribution is 5.05. The van der Waals surface area contributed by atoms with Gasteiger partial charge in [-0.15, -0.1) is 0 Å². The van der Waals surface area contributed by atoms with Gasteiger partial charge in [-0.2, -0.15) is 0 Å². The molecule has 0 heterocycles. The Hall–Kier alpha value is -0.0800. The average molecular weight is 639 g/mol. The van der Waals surface area contributed by atoms with Gasteiger partial charge in [0, 0.05) is 0 Å². The maximum atomic E-state index is 12.4. The Bertz CT molecular complexity index is 741. The molecule has 0 amide bonds. The minimum absolute atomic E-state index is 0.0499. The molecule has 0 spiro atoms. The maximum Gasteiger partial charge on any atom is 0.0602 e. The average Bonchev–Trinajstić information content (AvgIpc) is 3.12. The third kappa shape index (κ3) is 7.94. The van der Waals surface area contributed by atoms with Crippen molar-refractivity contribution in [3.05, 3.63) is 0 Å². The summed E-state index contributed by atoms with van der Waals surface area (Å²) < 4.78 is 0. The van der Waals surface area contributed by atoms with Crippen LogP contribution in [0.4, 0.5) is 0 Å². The van der Waals surface area contributed by atoms with Crippen LogP contribution in [0.25, 0.3) is 0 Å². The number of aliphatic hydroxyl groups excluding tert-OH is 2. The van der Waals surface area contributed by atoms with E-state index in [0.29, 0.717) is 29.1 Å². The molecule has 6 fully saturated rings. The van der Waals surface area contributed by atoms with E-state index in [9.17, 15) is 10.2 Å². The van der Waals surface area contributed by atoms with Gasteiger partial charge in [0.25, 0.3) is 0 Å². The number of hydrogen-bond acceptors (Lipinski definition) is 2. The molecule has 4 unspecified atom stereocenters. The number of unbranched alkanes of at least 4 members (excludes halogenated alkanes) is 1. The lowest BCUT2D eigenvalue weighted by Gasteiger charge is -2.58. The van der Waals surface area contributed by atoms with Crippen LogP contribution < -0.4 is 0 Å². The van der Waals surface area contributed by atoms with E-state index >= 15 is 0 Å².